The van der Waals surface area contributed by atoms with Gasteiger partial charge >= 0.3 is 6.18 Å². The number of nitrogens with zero attached hydrogens (tertiary/aromatic N) is 7. The first-order valence-corrected chi connectivity index (χ1v) is 9.83. The first-order chi connectivity index (χ1) is 14.8. The van der Waals surface area contributed by atoms with Crippen LogP contribution >= 0.6 is 0 Å². The minimum absolute atomic E-state index is 0.0925. The second-order valence-corrected chi connectivity index (χ2v) is 7.16. The Morgan fingerprint density at radius 3 is 2.65 bits per heavy atom. The summed E-state index contributed by atoms with van der Waals surface area (Å²) in [6.07, 6.45) is -2.96. The fourth-order valence-corrected chi connectivity index (χ4v) is 3.52. The number of carbonyl (C=O) groups is 1. The van der Waals surface area contributed by atoms with Crippen molar-refractivity contribution in [2.75, 3.05) is 42.9 Å². The zero-order valence-electron chi connectivity index (χ0n) is 16.8. The van der Waals surface area contributed by atoms with Crippen molar-refractivity contribution in [2.24, 2.45) is 0 Å². The van der Waals surface area contributed by atoms with Crippen molar-refractivity contribution in [3.8, 4) is 0 Å². The molecule has 1 amide bonds. The minimum atomic E-state index is -4.45. The predicted molar refractivity (Wildman–Crippen MR) is 108 cm³/mol. The van der Waals surface area contributed by atoms with Crippen LogP contribution < -0.4 is 10.2 Å². The monoisotopic (exact) mass is 434 g/mol. The number of rotatable bonds is 5. The average Bonchev–Trinajstić information content (AvgIpc) is 3.17. The van der Waals surface area contributed by atoms with Gasteiger partial charge in [-0.2, -0.15) is 13.2 Å². The van der Waals surface area contributed by atoms with Crippen LogP contribution in [0.3, 0.4) is 0 Å². The molecule has 1 aromatic carbocycles. The first-order valence-electron chi connectivity index (χ1n) is 9.83. The van der Waals surface area contributed by atoms with Crippen molar-refractivity contribution in [3.05, 3.63) is 36.2 Å². The molecule has 3 heterocycles. The van der Waals surface area contributed by atoms with Crippen LogP contribution in [-0.4, -0.2) is 68.5 Å². The van der Waals surface area contributed by atoms with Gasteiger partial charge in [0.1, 0.15) is 6.33 Å². The highest BCUT2D eigenvalue weighted by Gasteiger charge is 2.30. The van der Waals surface area contributed by atoms with Crippen LogP contribution in [0.1, 0.15) is 12.5 Å². The quantitative estimate of drug-likeness (QED) is 0.657. The molecule has 3 aromatic rings. The lowest BCUT2D eigenvalue weighted by atomic mass is 10.2. The summed E-state index contributed by atoms with van der Waals surface area (Å²) in [5.41, 5.74) is 0.645. The third-order valence-corrected chi connectivity index (χ3v) is 5.09. The summed E-state index contributed by atoms with van der Waals surface area (Å²) in [5.74, 6) is 0.348. The number of piperazine rings is 1. The Bertz CT molecular complexity index is 1080. The van der Waals surface area contributed by atoms with Crippen molar-refractivity contribution in [2.45, 2.75) is 19.6 Å². The standard InChI is InChI=1S/C19H21F3N8O/c1-2-30-18-16(26-27-30)17(23-12-24-18)29-8-6-28(7-9-29)11-15(31)25-14-5-3-4-13(10-14)19(20,21)22/h3-5,10,12H,2,6-9,11H2,1H3,(H,25,31). The highest BCUT2D eigenvalue weighted by atomic mass is 19.4. The maximum atomic E-state index is 12.8. The molecule has 1 fully saturated rings. The molecule has 2 aromatic heterocycles. The van der Waals surface area contributed by atoms with E-state index in [0.29, 0.717) is 49.7 Å². The molecule has 31 heavy (non-hydrogen) atoms. The van der Waals surface area contributed by atoms with Gasteiger partial charge in [-0.1, -0.05) is 11.3 Å². The molecule has 4 rings (SSSR count). The summed E-state index contributed by atoms with van der Waals surface area (Å²) in [6.45, 7) is 5.16. The molecule has 1 N–H and O–H groups in total. The number of alkyl halides is 3. The van der Waals surface area contributed by atoms with Gasteiger partial charge < -0.3 is 10.2 Å². The molecular weight excluding hydrogens is 413 g/mol. The number of halogens is 3. The molecule has 164 valence electrons. The Balaban J connectivity index is 1.35. The zero-order valence-corrected chi connectivity index (χ0v) is 16.8. The Morgan fingerprint density at radius 1 is 1.16 bits per heavy atom. The highest BCUT2D eigenvalue weighted by Crippen LogP contribution is 2.30. The molecule has 0 spiro atoms. The number of aromatic nitrogens is 5. The van der Waals surface area contributed by atoms with Gasteiger partial charge in [-0.15, -0.1) is 5.10 Å². The van der Waals surface area contributed by atoms with E-state index in [1.54, 1.807) is 4.68 Å². The lowest BCUT2D eigenvalue weighted by molar-refractivity contribution is -0.137. The summed E-state index contributed by atoms with van der Waals surface area (Å²) < 4.78 is 40.2. The average molecular weight is 434 g/mol. The van der Waals surface area contributed by atoms with Crippen molar-refractivity contribution in [1.82, 2.24) is 29.9 Å². The number of hydrogen-bond acceptors (Lipinski definition) is 7. The molecule has 1 aliphatic rings. The molecule has 0 atom stereocenters. The van der Waals surface area contributed by atoms with E-state index in [1.807, 2.05) is 11.8 Å². The number of amides is 1. The molecule has 1 aliphatic heterocycles. The zero-order chi connectivity index (χ0) is 22.0. The van der Waals surface area contributed by atoms with Crippen LogP contribution in [0.2, 0.25) is 0 Å². The van der Waals surface area contributed by atoms with Gasteiger partial charge in [0, 0.05) is 38.4 Å². The van der Waals surface area contributed by atoms with E-state index in [4.69, 9.17) is 0 Å². The lowest BCUT2D eigenvalue weighted by Gasteiger charge is -2.34. The predicted octanol–water partition coefficient (Wildman–Crippen LogP) is 2.02. The van der Waals surface area contributed by atoms with Gasteiger partial charge in [-0.05, 0) is 25.1 Å². The van der Waals surface area contributed by atoms with Crippen LogP contribution in [-0.2, 0) is 17.5 Å². The highest BCUT2D eigenvalue weighted by molar-refractivity contribution is 5.92. The number of anilines is 2. The van der Waals surface area contributed by atoms with Crippen LogP contribution in [0, 0.1) is 0 Å². The fourth-order valence-electron chi connectivity index (χ4n) is 3.52. The van der Waals surface area contributed by atoms with E-state index < -0.39 is 11.7 Å². The topological polar surface area (TPSA) is 92.1 Å². The van der Waals surface area contributed by atoms with Crippen molar-refractivity contribution in [1.29, 1.82) is 0 Å². The summed E-state index contributed by atoms with van der Waals surface area (Å²) in [4.78, 5) is 24.9. The lowest BCUT2D eigenvalue weighted by Crippen LogP contribution is -2.49. The largest absolute Gasteiger partial charge is 0.416 e. The molecule has 0 bridgehead atoms. The number of benzene rings is 1. The van der Waals surface area contributed by atoms with E-state index in [1.165, 1.54) is 18.5 Å². The van der Waals surface area contributed by atoms with Crippen LogP contribution in [0.15, 0.2) is 30.6 Å². The Labute approximate surface area is 175 Å². The summed E-state index contributed by atoms with van der Waals surface area (Å²) in [6, 6.07) is 4.61. The molecule has 12 heteroatoms. The number of aryl methyl sites for hydroxylation is 1. The van der Waals surface area contributed by atoms with Crippen LogP contribution in [0.5, 0.6) is 0 Å². The van der Waals surface area contributed by atoms with Gasteiger partial charge in [0.05, 0.1) is 12.1 Å². The SMILES string of the molecule is CCn1nnc2c(N3CCN(CC(=O)Nc4cccc(C(F)(F)F)c4)CC3)ncnc21. The minimum Gasteiger partial charge on any atom is -0.352 e. The second-order valence-electron chi connectivity index (χ2n) is 7.16. The van der Waals surface area contributed by atoms with E-state index in [9.17, 15) is 18.0 Å². The number of fused-ring (bicyclic) bond motifs is 1. The first kappa shape index (κ1) is 21.0. The van der Waals surface area contributed by atoms with E-state index >= 15 is 0 Å². The Morgan fingerprint density at radius 2 is 1.94 bits per heavy atom. The second kappa shape index (κ2) is 8.46. The third kappa shape index (κ3) is 4.58. The summed E-state index contributed by atoms with van der Waals surface area (Å²) in [5, 5.41) is 10.8. The van der Waals surface area contributed by atoms with Crippen molar-refractivity contribution >= 4 is 28.6 Å². The molecule has 0 saturated carbocycles. The molecule has 1 saturated heterocycles. The van der Waals surface area contributed by atoms with Gasteiger partial charge in [0.2, 0.25) is 5.91 Å². The van der Waals surface area contributed by atoms with E-state index in [2.05, 4.69) is 30.5 Å². The van der Waals surface area contributed by atoms with E-state index in [-0.39, 0.29) is 18.1 Å². The third-order valence-electron chi connectivity index (χ3n) is 5.09. The summed E-state index contributed by atoms with van der Waals surface area (Å²) >= 11 is 0. The molecule has 9 nitrogen and oxygen atoms in total. The van der Waals surface area contributed by atoms with Crippen molar-refractivity contribution < 1.29 is 18.0 Å². The Kier molecular flexibility index (Phi) is 5.72. The van der Waals surface area contributed by atoms with E-state index in [0.717, 1.165) is 12.1 Å². The van der Waals surface area contributed by atoms with Gasteiger partial charge in [-0.3, -0.25) is 9.69 Å². The van der Waals surface area contributed by atoms with Crippen LogP contribution in [0.4, 0.5) is 24.7 Å². The summed E-state index contributed by atoms with van der Waals surface area (Å²) in [7, 11) is 0. The normalized spacial score (nSPS) is 15.4. The molecular formula is C19H21F3N8O. The molecule has 0 aliphatic carbocycles. The number of hydrogen-bond donors (Lipinski definition) is 1. The maximum Gasteiger partial charge on any atom is 0.416 e. The van der Waals surface area contributed by atoms with Crippen LogP contribution in [0.25, 0.3) is 11.2 Å². The van der Waals surface area contributed by atoms with Gasteiger partial charge in [-0.25, -0.2) is 14.6 Å². The Hall–Kier alpha value is -3.28. The molecule has 0 radical (unpaired) electrons. The fraction of sp³-hybridized carbons (Fsp3) is 0.421. The van der Waals surface area contributed by atoms with Crippen molar-refractivity contribution in [3.63, 3.8) is 0 Å². The molecule has 0 unspecified atom stereocenters. The number of nitrogens with one attached hydrogen (secondary N) is 1. The van der Waals surface area contributed by atoms with Gasteiger partial charge in [0.15, 0.2) is 17.0 Å². The smallest absolute Gasteiger partial charge is 0.352 e. The maximum absolute atomic E-state index is 12.8. The number of carbonyl (C=O) groups excluding carboxylic acids is 1. The van der Waals surface area contributed by atoms with Gasteiger partial charge in [0.25, 0.3) is 0 Å².